The molecule has 1 unspecified atom stereocenters. The minimum atomic E-state index is -0.253. The Hall–Kier alpha value is -1.93. The van der Waals surface area contributed by atoms with Gasteiger partial charge < -0.3 is 5.32 Å². The first-order valence-corrected chi connectivity index (χ1v) is 9.07. The van der Waals surface area contributed by atoms with Gasteiger partial charge in [-0.25, -0.2) is 0 Å². The fourth-order valence-electron chi connectivity index (χ4n) is 3.47. The SMILES string of the molecule is Cc1ccc(C(=O)C(NC2CCCCC2)c2ccc(C)cc2)cc1. The molecule has 0 heterocycles. The van der Waals surface area contributed by atoms with Gasteiger partial charge in [0.05, 0.1) is 6.04 Å². The van der Waals surface area contributed by atoms with Gasteiger partial charge in [0, 0.05) is 11.6 Å². The van der Waals surface area contributed by atoms with Gasteiger partial charge >= 0.3 is 0 Å². The standard InChI is InChI=1S/C22H27NO/c1-16-8-12-18(13-9-16)21(23-20-6-4-3-5-7-20)22(24)19-14-10-17(2)11-15-19/h8-15,20-21,23H,3-7H2,1-2H3. The highest BCUT2D eigenvalue weighted by atomic mass is 16.1. The molecular weight excluding hydrogens is 294 g/mol. The average molecular weight is 321 g/mol. The van der Waals surface area contributed by atoms with Crippen LogP contribution >= 0.6 is 0 Å². The molecule has 1 aliphatic rings. The van der Waals surface area contributed by atoms with Gasteiger partial charge in [0.2, 0.25) is 0 Å². The Morgan fingerprint density at radius 2 is 1.42 bits per heavy atom. The van der Waals surface area contributed by atoms with Crippen LogP contribution in [-0.2, 0) is 0 Å². The molecule has 0 spiro atoms. The molecule has 0 aromatic heterocycles. The van der Waals surface area contributed by atoms with E-state index in [9.17, 15) is 4.79 Å². The first-order valence-electron chi connectivity index (χ1n) is 9.07. The second kappa shape index (κ2) is 7.76. The molecule has 0 saturated heterocycles. The Bertz CT molecular complexity index is 666. The molecule has 1 N–H and O–H groups in total. The minimum Gasteiger partial charge on any atom is -0.301 e. The van der Waals surface area contributed by atoms with Crippen molar-refractivity contribution in [2.24, 2.45) is 0 Å². The molecule has 0 radical (unpaired) electrons. The molecule has 126 valence electrons. The summed E-state index contributed by atoms with van der Waals surface area (Å²) >= 11 is 0. The molecular formula is C22H27NO. The number of carbonyl (C=O) groups is 1. The van der Waals surface area contributed by atoms with Gasteiger partial charge in [-0.05, 0) is 32.3 Å². The molecule has 1 atom stereocenters. The number of hydrogen-bond acceptors (Lipinski definition) is 2. The first kappa shape index (κ1) is 16.9. The van der Waals surface area contributed by atoms with E-state index in [1.807, 2.05) is 31.2 Å². The average Bonchev–Trinajstić information content (AvgIpc) is 2.62. The molecule has 2 aromatic carbocycles. The Labute approximate surface area is 145 Å². The summed E-state index contributed by atoms with van der Waals surface area (Å²) in [6.07, 6.45) is 6.18. The number of hydrogen-bond donors (Lipinski definition) is 1. The molecule has 2 aromatic rings. The van der Waals surface area contributed by atoms with E-state index in [0.29, 0.717) is 6.04 Å². The summed E-state index contributed by atoms with van der Waals surface area (Å²) in [6.45, 7) is 4.13. The highest BCUT2D eigenvalue weighted by Gasteiger charge is 2.25. The molecule has 2 nitrogen and oxygen atoms in total. The lowest BCUT2D eigenvalue weighted by Crippen LogP contribution is -2.38. The van der Waals surface area contributed by atoms with Crippen LogP contribution in [0.5, 0.6) is 0 Å². The fourth-order valence-corrected chi connectivity index (χ4v) is 3.47. The van der Waals surface area contributed by atoms with Crippen LogP contribution in [0.3, 0.4) is 0 Å². The zero-order valence-electron chi connectivity index (χ0n) is 14.7. The zero-order valence-corrected chi connectivity index (χ0v) is 14.7. The maximum absolute atomic E-state index is 13.2. The van der Waals surface area contributed by atoms with Gasteiger partial charge in [0.1, 0.15) is 0 Å². The van der Waals surface area contributed by atoms with E-state index in [1.165, 1.54) is 43.2 Å². The number of benzene rings is 2. The number of aryl methyl sites for hydroxylation is 2. The van der Waals surface area contributed by atoms with E-state index in [0.717, 1.165) is 11.1 Å². The normalized spacial score (nSPS) is 16.8. The summed E-state index contributed by atoms with van der Waals surface area (Å²) in [7, 11) is 0. The first-order chi connectivity index (χ1) is 11.6. The van der Waals surface area contributed by atoms with Gasteiger partial charge in [-0.15, -0.1) is 0 Å². The van der Waals surface area contributed by atoms with Crippen molar-refractivity contribution in [3.05, 3.63) is 70.8 Å². The van der Waals surface area contributed by atoms with Crippen molar-refractivity contribution >= 4 is 5.78 Å². The van der Waals surface area contributed by atoms with Crippen LogP contribution in [0.2, 0.25) is 0 Å². The van der Waals surface area contributed by atoms with Crippen molar-refractivity contribution in [2.75, 3.05) is 0 Å². The van der Waals surface area contributed by atoms with Crippen molar-refractivity contribution in [2.45, 2.75) is 58.0 Å². The summed E-state index contributed by atoms with van der Waals surface area (Å²) in [5.74, 6) is 0.171. The third-order valence-electron chi connectivity index (χ3n) is 5.02. The Morgan fingerprint density at radius 1 is 0.875 bits per heavy atom. The van der Waals surface area contributed by atoms with E-state index in [1.54, 1.807) is 0 Å². The third kappa shape index (κ3) is 4.12. The quantitative estimate of drug-likeness (QED) is 0.772. The molecule has 2 heteroatoms. The highest BCUT2D eigenvalue weighted by Crippen LogP contribution is 2.25. The van der Waals surface area contributed by atoms with E-state index < -0.39 is 0 Å². The van der Waals surface area contributed by atoms with Crippen molar-refractivity contribution in [3.8, 4) is 0 Å². The topological polar surface area (TPSA) is 29.1 Å². The summed E-state index contributed by atoms with van der Waals surface area (Å²) in [4.78, 5) is 13.2. The zero-order chi connectivity index (χ0) is 16.9. The van der Waals surface area contributed by atoms with Crippen LogP contribution in [0.25, 0.3) is 0 Å². The number of nitrogens with one attached hydrogen (secondary N) is 1. The number of carbonyl (C=O) groups excluding carboxylic acids is 1. The van der Waals surface area contributed by atoms with E-state index >= 15 is 0 Å². The highest BCUT2D eigenvalue weighted by molar-refractivity contribution is 6.00. The maximum atomic E-state index is 13.2. The lowest BCUT2D eigenvalue weighted by molar-refractivity contribution is 0.0931. The largest absolute Gasteiger partial charge is 0.301 e. The Balaban J connectivity index is 1.86. The van der Waals surface area contributed by atoms with Crippen molar-refractivity contribution in [1.82, 2.24) is 5.32 Å². The van der Waals surface area contributed by atoms with Crippen LogP contribution in [-0.4, -0.2) is 11.8 Å². The molecule has 0 bridgehead atoms. The predicted octanol–water partition coefficient (Wildman–Crippen LogP) is 5.15. The van der Waals surface area contributed by atoms with Crippen LogP contribution < -0.4 is 5.32 Å². The summed E-state index contributed by atoms with van der Waals surface area (Å²) in [5.41, 5.74) is 4.25. The second-order valence-electron chi connectivity index (χ2n) is 7.08. The third-order valence-corrected chi connectivity index (χ3v) is 5.02. The molecule has 1 fully saturated rings. The van der Waals surface area contributed by atoms with Gasteiger partial charge in [0.15, 0.2) is 5.78 Å². The van der Waals surface area contributed by atoms with E-state index in [2.05, 4.69) is 36.5 Å². The number of rotatable bonds is 5. The van der Waals surface area contributed by atoms with Crippen LogP contribution in [0.4, 0.5) is 0 Å². The van der Waals surface area contributed by atoms with Gasteiger partial charge in [-0.3, -0.25) is 4.79 Å². The molecule has 0 aliphatic heterocycles. The lowest BCUT2D eigenvalue weighted by Gasteiger charge is -2.28. The van der Waals surface area contributed by atoms with Gasteiger partial charge in [-0.1, -0.05) is 78.9 Å². The molecule has 24 heavy (non-hydrogen) atoms. The molecule has 1 aliphatic carbocycles. The number of Topliss-reactive ketones (excluding diaryl/α,β-unsaturated/α-hetero) is 1. The maximum Gasteiger partial charge on any atom is 0.184 e. The van der Waals surface area contributed by atoms with E-state index in [-0.39, 0.29) is 11.8 Å². The molecule has 3 rings (SSSR count). The summed E-state index contributed by atoms with van der Waals surface area (Å²) in [6, 6.07) is 16.5. The molecule has 0 amide bonds. The van der Waals surface area contributed by atoms with Crippen LogP contribution in [0.1, 0.15) is 65.2 Å². The summed E-state index contributed by atoms with van der Waals surface area (Å²) < 4.78 is 0. The summed E-state index contributed by atoms with van der Waals surface area (Å²) in [5, 5.41) is 3.66. The van der Waals surface area contributed by atoms with Crippen LogP contribution in [0.15, 0.2) is 48.5 Å². The van der Waals surface area contributed by atoms with Crippen molar-refractivity contribution in [3.63, 3.8) is 0 Å². The van der Waals surface area contributed by atoms with Crippen molar-refractivity contribution < 1.29 is 4.79 Å². The minimum absolute atomic E-state index is 0.171. The van der Waals surface area contributed by atoms with Gasteiger partial charge in [0.25, 0.3) is 0 Å². The fraction of sp³-hybridized carbons (Fsp3) is 0.409. The van der Waals surface area contributed by atoms with E-state index in [4.69, 9.17) is 0 Å². The Morgan fingerprint density at radius 3 is 2.00 bits per heavy atom. The lowest BCUT2D eigenvalue weighted by atomic mass is 9.91. The monoisotopic (exact) mass is 321 g/mol. The Kier molecular flexibility index (Phi) is 5.47. The predicted molar refractivity (Wildman–Crippen MR) is 99.4 cm³/mol. The second-order valence-corrected chi connectivity index (χ2v) is 7.08. The smallest absolute Gasteiger partial charge is 0.184 e. The van der Waals surface area contributed by atoms with Gasteiger partial charge in [-0.2, -0.15) is 0 Å². The number of ketones is 1. The van der Waals surface area contributed by atoms with Crippen LogP contribution in [0, 0.1) is 13.8 Å². The molecule has 1 saturated carbocycles. The van der Waals surface area contributed by atoms with Crippen molar-refractivity contribution in [1.29, 1.82) is 0 Å².